The monoisotopic (exact) mass is 251 g/mol. The molecular weight excluding hydrogens is 238 g/mol. The van der Waals surface area contributed by atoms with Crippen molar-refractivity contribution in [3.05, 3.63) is 35.4 Å². The van der Waals surface area contributed by atoms with E-state index >= 15 is 0 Å². The van der Waals surface area contributed by atoms with E-state index < -0.39 is 0 Å². The number of hydrogen-bond donors (Lipinski definition) is 0. The number of ether oxygens (including phenoxy) is 1. The lowest BCUT2D eigenvalue weighted by molar-refractivity contribution is 0.340. The standard InChI is InChI=1S/C12H14ClN3O/c1-3-11-14-15-12(13)16(11)9-6-5-7-10(8-9)17-4-2/h5-8H,3-4H2,1-2H3. The van der Waals surface area contributed by atoms with Crippen LogP contribution >= 0.6 is 11.6 Å². The SMILES string of the molecule is CCOc1cccc(-n2c(Cl)nnc2CC)c1. The van der Waals surface area contributed by atoms with Crippen molar-refractivity contribution in [2.24, 2.45) is 0 Å². The normalized spacial score (nSPS) is 10.5. The summed E-state index contributed by atoms with van der Waals surface area (Å²) in [6, 6.07) is 7.72. The number of hydrogen-bond acceptors (Lipinski definition) is 3. The fraction of sp³-hybridized carbons (Fsp3) is 0.333. The zero-order valence-corrected chi connectivity index (χ0v) is 10.6. The van der Waals surface area contributed by atoms with Gasteiger partial charge in [-0.1, -0.05) is 13.0 Å². The third-order valence-corrected chi connectivity index (χ3v) is 2.64. The maximum Gasteiger partial charge on any atom is 0.229 e. The van der Waals surface area contributed by atoms with Crippen molar-refractivity contribution in [3.8, 4) is 11.4 Å². The number of benzene rings is 1. The van der Waals surface area contributed by atoms with Gasteiger partial charge in [-0.25, -0.2) is 0 Å². The fourth-order valence-electron chi connectivity index (χ4n) is 1.66. The van der Waals surface area contributed by atoms with Crippen molar-refractivity contribution >= 4 is 11.6 Å². The van der Waals surface area contributed by atoms with Crippen LogP contribution in [-0.2, 0) is 6.42 Å². The Morgan fingerprint density at radius 2 is 2.12 bits per heavy atom. The van der Waals surface area contributed by atoms with Crippen LogP contribution in [0.1, 0.15) is 19.7 Å². The smallest absolute Gasteiger partial charge is 0.229 e. The van der Waals surface area contributed by atoms with E-state index in [-0.39, 0.29) is 0 Å². The van der Waals surface area contributed by atoms with E-state index in [0.717, 1.165) is 23.7 Å². The molecule has 0 fully saturated rings. The van der Waals surface area contributed by atoms with Gasteiger partial charge in [-0.05, 0) is 30.7 Å². The molecule has 0 aliphatic rings. The van der Waals surface area contributed by atoms with Crippen molar-refractivity contribution in [1.82, 2.24) is 14.8 Å². The van der Waals surface area contributed by atoms with Crippen molar-refractivity contribution < 1.29 is 4.74 Å². The van der Waals surface area contributed by atoms with Gasteiger partial charge in [0.2, 0.25) is 5.28 Å². The molecule has 90 valence electrons. The van der Waals surface area contributed by atoms with Crippen molar-refractivity contribution in [1.29, 1.82) is 0 Å². The van der Waals surface area contributed by atoms with Crippen LogP contribution in [0.4, 0.5) is 0 Å². The van der Waals surface area contributed by atoms with E-state index in [4.69, 9.17) is 16.3 Å². The van der Waals surface area contributed by atoms with Crippen LogP contribution in [0.15, 0.2) is 24.3 Å². The van der Waals surface area contributed by atoms with Crippen LogP contribution < -0.4 is 4.74 Å². The zero-order chi connectivity index (χ0) is 12.3. The summed E-state index contributed by atoms with van der Waals surface area (Å²) in [6.07, 6.45) is 0.776. The molecular formula is C12H14ClN3O. The molecule has 0 atom stereocenters. The van der Waals surface area contributed by atoms with Crippen LogP contribution in [0.5, 0.6) is 5.75 Å². The molecule has 0 N–H and O–H groups in total. The van der Waals surface area contributed by atoms with E-state index in [1.165, 1.54) is 0 Å². The average molecular weight is 252 g/mol. The Hall–Kier alpha value is -1.55. The molecule has 0 amide bonds. The van der Waals surface area contributed by atoms with E-state index in [0.29, 0.717) is 11.9 Å². The Bertz CT molecular complexity index is 510. The van der Waals surface area contributed by atoms with Gasteiger partial charge < -0.3 is 4.74 Å². The molecule has 5 heteroatoms. The molecule has 0 unspecified atom stereocenters. The van der Waals surface area contributed by atoms with Gasteiger partial charge in [0.05, 0.1) is 12.3 Å². The summed E-state index contributed by atoms with van der Waals surface area (Å²) in [5, 5.41) is 8.27. The van der Waals surface area contributed by atoms with Crippen molar-refractivity contribution in [2.45, 2.75) is 20.3 Å². The highest BCUT2D eigenvalue weighted by atomic mass is 35.5. The molecule has 0 bridgehead atoms. The Kier molecular flexibility index (Phi) is 3.64. The first kappa shape index (κ1) is 11.9. The Balaban J connectivity index is 2.44. The molecule has 1 heterocycles. The first-order valence-electron chi connectivity index (χ1n) is 5.59. The lowest BCUT2D eigenvalue weighted by Crippen LogP contribution is -2.01. The van der Waals surface area contributed by atoms with Gasteiger partial charge >= 0.3 is 0 Å². The number of aryl methyl sites for hydroxylation is 1. The highest BCUT2D eigenvalue weighted by molar-refractivity contribution is 6.28. The quantitative estimate of drug-likeness (QED) is 0.839. The molecule has 2 rings (SSSR count). The average Bonchev–Trinajstić information content (AvgIpc) is 2.71. The predicted molar refractivity (Wildman–Crippen MR) is 66.9 cm³/mol. The van der Waals surface area contributed by atoms with Crippen LogP contribution in [0.2, 0.25) is 5.28 Å². The summed E-state index contributed by atoms with van der Waals surface area (Å²) in [7, 11) is 0. The van der Waals surface area contributed by atoms with Gasteiger partial charge in [0.25, 0.3) is 0 Å². The topological polar surface area (TPSA) is 39.9 Å². The second-order valence-corrected chi connectivity index (χ2v) is 3.84. The molecule has 0 radical (unpaired) electrons. The summed E-state index contributed by atoms with van der Waals surface area (Å²) in [5.41, 5.74) is 0.919. The van der Waals surface area contributed by atoms with Gasteiger partial charge in [0.15, 0.2) is 0 Å². The second kappa shape index (κ2) is 5.19. The van der Waals surface area contributed by atoms with E-state index in [1.54, 1.807) is 0 Å². The van der Waals surface area contributed by atoms with Crippen LogP contribution in [0.3, 0.4) is 0 Å². The Labute approximate surface area is 105 Å². The highest BCUT2D eigenvalue weighted by Gasteiger charge is 2.10. The predicted octanol–water partition coefficient (Wildman–Crippen LogP) is 2.88. The van der Waals surface area contributed by atoms with Gasteiger partial charge in [-0.2, -0.15) is 0 Å². The molecule has 0 aliphatic carbocycles. The number of nitrogens with zero attached hydrogens (tertiary/aromatic N) is 3. The molecule has 4 nitrogen and oxygen atoms in total. The Morgan fingerprint density at radius 3 is 2.82 bits per heavy atom. The molecule has 0 spiro atoms. The summed E-state index contributed by atoms with van der Waals surface area (Å²) in [6.45, 7) is 4.61. The Morgan fingerprint density at radius 1 is 1.29 bits per heavy atom. The third kappa shape index (κ3) is 2.42. The van der Waals surface area contributed by atoms with Gasteiger partial charge in [-0.3, -0.25) is 4.57 Å². The maximum absolute atomic E-state index is 6.04. The maximum atomic E-state index is 6.04. The van der Waals surface area contributed by atoms with E-state index in [9.17, 15) is 0 Å². The van der Waals surface area contributed by atoms with E-state index in [1.807, 2.05) is 42.7 Å². The van der Waals surface area contributed by atoms with Crippen LogP contribution in [0.25, 0.3) is 5.69 Å². The summed E-state index contributed by atoms with van der Waals surface area (Å²) in [4.78, 5) is 0. The number of halogens is 1. The molecule has 0 aliphatic heterocycles. The molecule has 2 aromatic rings. The van der Waals surface area contributed by atoms with Crippen molar-refractivity contribution in [3.63, 3.8) is 0 Å². The van der Waals surface area contributed by atoms with Gasteiger partial charge in [0, 0.05) is 12.5 Å². The van der Waals surface area contributed by atoms with Crippen molar-refractivity contribution in [2.75, 3.05) is 6.61 Å². The lowest BCUT2D eigenvalue weighted by atomic mass is 10.3. The lowest BCUT2D eigenvalue weighted by Gasteiger charge is -2.09. The second-order valence-electron chi connectivity index (χ2n) is 3.50. The zero-order valence-electron chi connectivity index (χ0n) is 9.85. The third-order valence-electron chi connectivity index (χ3n) is 2.39. The van der Waals surface area contributed by atoms with Gasteiger partial charge in [0.1, 0.15) is 11.6 Å². The molecule has 0 saturated heterocycles. The number of aromatic nitrogens is 3. The summed E-state index contributed by atoms with van der Waals surface area (Å²) < 4.78 is 7.28. The van der Waals surface area contributed by atoms with Crippen LogP contribution in [-0.4, -0.2) is 21.4 Å². The summed E-state index contributed by atoms with van der Waals surface area (Å²) in [5.74, 6) is 1.65. The first-order valence-corrected chi connectivity index (χ1v) is 5.97. The largest absolute Gasteiger partial charge is 0.494 e. The minimum Gasteiger partial charge on any atom is -0.494 e. The molecule has 0 saturated carbocycles. The highest BCUT2D eigenvalue weighted by Crippen LogP contribution is 2.21. The fourth-order valence-corrected chi connectivity index (χ4v) is 1.89. The molecule has 17 heavy (non-hydrogen) atoms. The van der Waals surface area contributed by atoms with E-state index in [2.05, 4.69) is 10.2 Å². The minimum atomic E-state index is 0.371. The van der Waals surface area contributed by atoms with Crippen LogP contribution in [0, 0.1) is 0 Å². The van der Waals surface area contributed by atoms with Gasteiger partial charge in [-0.15, -0.1) is 10.2 Å². The molecule has 1 aromatic heterocycles. The number of rotatable bonds is 4. The molecule has 1 aromatic carbocycles. The first-order chi connectivity index (χ1) is 8.26. The summed E-state index contributed by atoms with van der Waals surface area (Å²) >= 11 is 6.04. The minimum absolute atomic E-state index is 0.371.